The van der Waals surface area contributed by atoms with Crippen molar-refractivity contribution in [3.8, 4) is 0 Å². The first kappa shape index (κ1) is 40.8. The molecule has 0 atom stereocenters. The van der Waals surface area contributed by atoms with Gasteiger partial charge in [-0.3, -0.25) is 0 Å². The van der Waals surface area contributed by atoms with Crippen molar-refractivity contribution >= 4 is 95.1 Å². The lowest BCUT2D eigenvalue weighted by Gasteiger charge is -2.46. The Kier molecular flexibility index (Phi) is 10.1. The zero-order valence-corrected chi connectivity index (χ0v) is 38.9. The lowest BCUT2D eigenvalue weighted by Crippen LogP contribution is -2.61. The van der Waals surface area contributed by atoms with Crippen LogP contribution in [0.15, 0.2) is 251 Å². The average molecular weight is 880 g/mol. The Hall–Kier alpha value is -7.73. The van der Waals surface area contributed by atoms with Crippen LogP contribution in [0, 0.1) is 13.8 Å². The number of hydrogen-bond acceptors (Lipinski definition) is 3. The summed E-state index contributed by atoms with van der Waals surface area (Å²) in [5.41, 5.74) is 16.8. The second-order valence-corrected chi connectivity index (χ2v) is 21.2. The van der Waals surface area contributed by atoms with Crippen molar-refractivity contribution in [1.29, 1.82) is 0 Å². The highest BCUT2D eigenvalue weighted by Crippen LogP contribution is 2.68. The lowest BCUT2D eigenvalue weighted by atomic mass is 9.33. The van der Waals surface area contributed by atoms with E-state index < -0.39 is 10.0 Å². The fourth-order valence-corrected chi connectivity index (χ4v) is 14.7. The number of aryl methyl sites for hydroxylation is 2. The molecule has 322 valence electrons. The summed E-state index contributed by atoms with van der Waals surface area (Å²) in [6.45, 7) is 6.78. The predicted octanol–water partition coefficient (Wildman–Crippen LogP) is 15.3. The molecule has 0 N–H and O–H groups in total. The van der Waals surface area contributed by atoms with E-state index in [1.807, 2.05) is 0 Å². The summed E-state index contributed by atoms with van der Waals surface area (Å²) in [4.78, 5) is 11.7. The normalized spacial score (nSPS) is 12.9. The van der Waals surface area contributed by atoms with Gasteiger partial charge < -0.3 is 14.7 Å². The van der Waals surface area contributed by atoms with Crippen LogP contribution in [-0.2, 0) is 0 Å². The SMILES string of the molecule is CCS(c1ccccc1)(c1ccccc1)c1ccc2c(c1)B1c3cc4ccccc4cc3N(c3ccccc3)c3cc(N(c4ccccc4)c4ccccc4)cc(c31)N2c1ccc(C)cc1C. The molecule has 5 heteroatoms. The summed E-state index contributed by atoms with van der Waals surface area (Å²) < 4.78 is 0. The number of nitrogens with zero attached hydrogens (tertiary/aromatic N) is 3. The molecule has 0 saturated heterocycles. The fourth-order valence-electron chi connectivity index (χ4n) is 11.0. The molecular formula is C62H50BN3S. The monoisotopic (exact) mass is 879 g/mol. The number of rotatable bonds is 9. The van der Waals surface area contributed by atoms with Crippen LogP contribution >= 0.6 is 10.0 Å². The maximum Gasteiger partial charge on any atom is 0.252 e. The molecule has 0 fully saturated rings. The predicted molar refractivity (Wildman–Crippen MR) is 288 cm³/mol. The molecule has 2 aliphatic heterocycles. The second-order valence-electron chi connectivity index (χ2n) is 17.8. The van der Waals surface area contributed by atoms with Gasteiger partial charge in [-0.2, -0.15) is 10.0 Å². The smallest absolute Gasteiger partial charge is 0.252 e. The highest BCUT2D eigenvalue weighted by molar-refractivity contribution is 8.33. The Labute approximate surface area is 396 Å². The van der Waals surface area contributed by atoms with Crippen LogP contribution in [0.5, 0.6) is 0 Å². The van der Waals surface area contributed by atoms with Gasteiger partial charge in [0.2, 0.25) is 0 Å². The van der Waals surface area contributed by atoms with Crippen LogP contribution in [0.25, 0.3) is 10.8 Å². The Bertz CT molecular complexity index is 3360. The molecule has 67 heavy (non-hydrogen) atoms. The lowest BCUT2D eigenvalue weighted by molar-refractivity contribution is 1.20. The number of para-hydroxylation sites is 3. The van der Waals surface area contributed by atoms with Gasteiger partial charge in [0.05, 0.1) is 5.69 Å². The third-order valence-corrected chi connectivity index (χ3v) is 18.0. The van der Waals surface area contributed by atoms with Gasteiger partial charge in [-0.05, 0) is 164 Å². The van der Waals surface area contributed by atoms with Crippen molar-refractivity contribution in [3.63, 3.8) is 0 Å². The average Bonchev–Trinajstić information content (AvgIpc) is 3.38. The Morgan fingerprint density at radius 1 is 0.403 bits per heavy atom. The van der Waals surface area contributed by atoms with E-state index in [-0.39, 0.29) is 6.71 Å². The summed E-state index contributed by atoms with van der Waals surface area (Å²) in [6.07, 6.45) is 0. The van der Waals surface area contributed by atoms with Crippen LogP contribution in [0.1, 0.15) is 18.1 Å². The maximum atomic E-state index is 2.62. The zero-order valence-electron chi connectivity index (χ0n) is 38.1. The van der Waals surface area contributed by atoms with Crippen molar-refractivity contribution in [2.45, 2.75) is 35.5 Å². The Balaban J connectivity index is 1.23. The molecular weight excluding hydrogens is 830 g/mol. The molecule has 2 heterocycles. The summed E-state index contributed by atoms with van der Waals surface area (Å²) in [7, 11) is -1.68. The Morgan fingerprint density at radius 3 is 1.49 bits per heavy atom. The van der Waals surface area contributed by atoms with Gasteiger partial charge in [0.25, 0.3) is 6.71 Å². The van der Waals surface area contributed by atoms with Crippen molar-refractivity contribution in [1.82, 2.24) is 0 Å². The van der Waals surface area contributed by atoms with Gasteiger partial charge >= 0.3 is 0 Å². The van der Waals surface area contributed by atoms with Gasteiger partial charge in [-0.25, -0.2) is 0 Å². The van der Waals surface area contributed by atoms with Gasteiger partial charge in [0, 0.05) is 45.5 Å². The van der Waals surface area contributed by atoms with E-state index >= 15 is 0 Å². The molecule has 0 saturated carbocycles. The topological polar surface area (TPSA) is 9.72 Å². The van der Waals surface area contributed by atoms with E-state index in [4.69, 9.17) is 0 Å². The number of fused-ring (bicyclic) bond motifs is 5. The minimum atomic E-state index is -1.68. The molecule has 0 amide bonds. The molecule has 0 aliphatic carbocycles. The zero-order chi connectivity index (χ0) is 45.1. The molecule has 10 aromatic carbocycles. The third kappa shape index (κ3) is 6.68. The van der Waals surface area contributed by atoms with Crippen LogP contribution in [0.4, 0.5) is 51.2 Å². The van der Waals surface area contributed by atoms with E-state index in [1.54, 1.807) is 0 Å². The largest absolute Gasteiger partial charge is 0.311 e. The molecule has 0 bridgehead atoms. The van der Waals surface area contributed by atoms with Crippen molar-refractivity contribution < 1.29 is 0 Å². The summed E-state index contributed by atoms with van der Waals surface area (Å²) in [5, 5.41) is 2.47. The maximum absolute atomic E-state index is 2.62. The molecule has 0 radical (unpaired) electrons. The van der Waals surface area contributed by atoms with E-state index in [9.17, 15) is 0 Å². The Morgan fingerprint density at radius 2 is 0.910 bits per heavy atom. The molecule has 2 aliphatic rings. The van der Waals surface area contributed by atoms with Gasteiger partial charge in [-0.15, -0.1) is 0 Å². The van der Waals surface area contributed by atoms with Gasteiger partial charge in [0.15, 0.2) is 0 Å². The van der Waals surface area contributed by atoms with Gasteiger partial charge in [0.1, 0.15) is 0 Å². The molecule has 0 aromatic heterocycles. The molecule has 0 unspecified atom stereocenters. The highest BCUT2D eigenvalue weighted by atomic mass is 32.3. The van der Waals surface area contributed by atoms with Crippen LogP contribution in [0.2, 0.25) is 0 Å². The van der Waals surface area contributed by atoms with Crippen molar-refractivity contribution in [3.05, 3.63) is 248 Å². The van der Waals surface area contributed by atoms with Crippen molar-refractivity contribution in [2.24, 2.45) is 0 Å². The van der Waals surface area contributed by atoms with E-state index in [0.29, 0.717) is 0 Å². The highest BCUT2D eigenvalue weighted by Gasteiger charge is 2.45. The molecule has 3 nitrogen and oxygen atoms in total. The minimum absolute atomic E-state index is 0.0713. The van der Waals surface area contributed by atoms with Crippen LogP contribution in [-0.4, -0.2) is 12.5 Å². The summed E-state index contributed by atoms with van der Waals surface area (Å²) in [6, 6.07) is 88.4. The van der Waals surface area contributed by atoms with E-state index in [1.165, 1.54) is 81.4 Å². The van der Waals surface area contributed by atoms with E-state index in [2.05, 4.69) is 272 Å². The second kappa shape index (κ2) is 16.6. The fraction of sp³-hybridized carbons (Fsp3) is 0.0645. The summed E-state index contributed by atoms with van der Waals surface area (Å²) >= 11 is 0. The van der Waals surface area contributed by atoms with Crippen LogP contribution in [0.3, 0.4) is 0 Å². The van der Waals surface area contributed by atoms with E-state index in [0.717, 1.165) is 28.5 Å². The standard InChI is InChI=1S/C62H50BN3S/c1-4-67(52-30-16-8-17-31-52,53-32-18-9-19-33-53)54-35-37-58-56(43-54)63-55-39-46-22-20-21-23-47(46)40-59(55)65(50-28-14-7-15-29-50)60-41-51(64(48-24-10-5-11-25-48)49-26-12-6-13-27-49)42-61(62(60)63)66(58)57-36-34-44(2)38-45(57)3/h5-43H,4H2,1-3H3. The molecule has 12 rings (SSSR count). The molecule has 10 aromatic rings. The van der Waals surface area contributed by atoms with Gasteiger partial charge in [-0.1, -0.05) is 152 Å². The number of anilines is 9. The third-order valence-electron chi connectivity index (χ3n) is 13.9. The van der Waals surface area contributed by atoms with Crippen molar-refractivity contribution in [2.75, 3.05) is 20.5 Å². The number of benzene rings is 10. The first-order valence-electron chi connectivity index (χ1n) is 23.4. The summed E-state index contributed by atoms with van der Waals surface area (Å²) in [5.74, 6) is 0.980. The molecule has 0 spiro atoms. The first-order valence-corrected chi connectivity index (χ1v) is 25.2. The first-order chi connectivity index (χ1) is 33.0. The minimum Gasteiger partial charge on any atom is -0.311 e. The number of hydrogen-bond donors (Lipinski definition) is 0. The van der Waals surface area contributed by atoms with Crippen LogP contribution < -0.4 is 31.1 Å². The quantitative estimate of drug-likeness (QED) is 0.134.